The molecule has 0 saturated carbocycles. The van der Waals surface area contributed by atoms with E-state index in [0.717, 1.165) is 25.9 Å². The largest absolute Gasteiger partial charge is 0.337 e. The van der Waals surface area contributed by atoms with Crippen LogP contribution in [-0.2, 0) is 0 Å². The summed E-state index contributed by atoms with van der Waals surface area (Å²) in [5, 5.41) is 12.3. The van der Waals surface area contributed by atoms with E-state index in [1.54, 1.807) is 30.3 Å². The lowest BCUT2D eigenvalue weighted by atomic mass is 9.99. The molecule has 1 saturated heterocycles. The fourth-order valence-corrected chi connectivity index (χ4v) is 2.95. The summed E-state index contributed by atoms with van der Waals surface area (Å²) >= 11 is 12.1. The molecule has 1 aromatic heterocycles. The molecule has 1 N–H and O–H groups in total. The van der Waals surface area contributed by atoms with Gasteiger partial charge in [-0.15, -0.1) is 10.2 Å². The predicted molar refractivity (Wildman–Crippen MR) is 96.1 cm³/mol. The Hall–Kier alpha value is -1.85. The van der Waals surface area contributed by atoms with E-state index in [2.05, 4.69) is 22.4 Å². The summed E-state index contributed by atoms with van der Waals surface area (Å²) in [5.41, 5.74) is 0.995. The van der Waals surface area contributed by atoms with Crippen LogP contribution in [0.1, 0.15) is 30.3 Å². The standard InChI is InChI=1S/C17H18Cl2N4O/c1-11-6-8-23(9-7-11)17(24)14-4-5-16(22-21-14)20-15-10-12(18)2-3-13(15)19/h2-5,10-11H,6-9H2,1H3,(H,20,22). The maximum Gasteiger partial charge on any atom is 0.274 e. The van der Waals surface area contributed by atoms with E-state index in [0.29, 0.717) is 33.2 Å². The minimum Gasteiger partial charge on any atom is -0.337 e. The number of benzene rings is 1. The van der Waals surface area contributed by atoms with Crippen molar-refractivity contribution in [1.29, 1.82) is 0 Å². The fraction of sp³-hybridized carbons (Fsp3) is 0.353. The summed E-state index contributed by atoms with van der Waals surface area (Å²) in [7, 11) is 0. The topological polar surface area (TPSA) is 58.1 Å². The van der Waals surface area contributed by atoms with Gasteiger partial charge in [-0.1, -0.05) is 30.1 Å². The third-order valence-corrected chi connectivity index (χ3v) is 4.71. The molecule has 0 bridgehead atoms. The Kier molecular flexibility index (Phi) is 5.21. The quantitative estimate of drug-likeness (QED) is 0.876. The maximum atomic E-state index is 12.4. The fourth-order valence-electron chi connectivity index (χ4n) is 2.62. The lowest BCUT2D eigenvalue weighted by Crippen LogP contribution is -2.38. The molecular weight excluding hydrogens is 347 g/mol. The van der Waals surface area contributed by atoms with Crippen LogP contribution in [0.15, 0.2) is 30.3 Å². The first kappa shape index (κ1) is 17.0. The Labute approximate surface area is 151 Å². The third kappa shape index (κ3) is 3.97. The summed E-state index contributed by atoms with van der Waals surface area (Å²) in [6.07, 6.45) is 2.07. The van der Waals surface area contributed by atoms with Gasteiger partial charge in [0.2, 0.25) is 0 Å². The Balaban J connectivity index is 1.69. The molecule has 2 heterocycles. The van der Waals surface area contributed by atoms with Gasteiger partial charge in [0.05, 0.1) is 10.7 Å². The van der Waals surface area contributed by atoms with Crippen molar-refractivity contribution in [3.05, 3.63) is 46.1 Å². The SMILES string of the molecule is CC1CCN(C(=O)c2ccc(Nc3cc(Cl)ccc3Cl)nn2)CC1. The van der Waals surface area contributed by atoms with Crippen LogP contribution >= 0.6 is 23.2 Å². The van der Waals surface area contributed by atoms with Crippen molar-refractivity contribution in [3.63, 3.8) is 0 Å². The van der Waals surface area contributed by atoms with Gasteiger partial charge in [-0.3, -0.25) is 4.79 Å². The van der Waals surface area contributed by atoms with Crippen LogP contribution in [0.3, 0.4) is 0 Å². The van der Waals surface area contributed by atoms with Gasteiger partial charge in [-0.2, -0.15) is 0 Å². The molecule has 1 aromatic carbocycles. The number of amides is 1. The van der Waals surface area contributed by atoms with Crippen LogP contribution in [0.2, 0.25) is 10.0 Å². The normalized spacial score (nSPS) is 15.4. The number of aromatic nitrogens is 2. The number of piperidine rings is 1. The third-order valence-electron chi connectivity index (χ3n) is 4.15. The molecule has 5 nitrogen and oxygen atoms in total. The van der Waals surface area contributed by atoms with E-state index < -0.39 is 0 Å². The van der Waals surface area contributed by atoms with Crippen molar-refractivity contribution < 1.29 is 4.79 Å². The molecule has 0 radical (unpaired) electrons. The van der Waals surface area contributed by atoms with Gasteiger partial charge in [0.1, 0.15) is 0 Å². The summed E-state index contributed by atoms with van der Waals surface area (Å²) < 4.78 is 0. The number of carbonyl (C=O) groups excluding carboxylic acids is 1. The van der Waals surface area contributed by atoms with E-state index >= 15 is 0 Å². The van der Waals surface area contributed by atoms with Crippen molar-refractivity contribution in [1.82, 2.24) is 15.1 Å². The average Bonchev–Trinajstić information content (AvgIpc) is 2.59. The van der Waals surface area contributed by atoms with Crippen LogP contribution in [0, 0.1) is 5.92 Å². The Morgan fingerprint density at radius 2 is 1.92 bits per heavy atom. The first-order valence-electron chi connectivity index (χ1n) is 7.88. The van der Waals surface area contributed by atoms with E-state index in [4.69, 9.17) is 23.2 Å². The molecule has 0 unspecified atom stereocenters. The highest BCUT2D eigenvalue weighted by molar-refractivity contribution is 6.35. The van der Waals surface area contributed by atoms with Crippen LogP contribution in [0.5, 0.6) is 0 Å². The lowest BCUT2D eigenvalue weighted by Gasteiger charge is -2.29. The van der Waals surface area contributed by atoms with Crippen molar-refractivity contribution in [2.45, 2.75) is 19.8 Å². The minimum atomic E-state index is -0.0678. The van der Waals surface area contributed by atoms with Crippen molar-refractivity contribution in [2.24, 2.45) is 5.92 Å². The minimum absolute atomic E-state index is 0.0678. The molecule has 0 aliphatic carbocycles. The second-order valence-corrected chi connectivity index (χ2v) is 6.87. The lowest BCUT2D eigenvalue weighted by molar-refractivity contribution is 0.0690. The van der Waals surface area contributed by atoms with Crippen molar-refractivity contribution in [2.75, 3.05) is 18.4 Å². The van der Waals surface area contributed by atoms with Crippen molar-refractivity contribution >= 4 is 40.6 Å². The summed E-state index contributed by atoms with van der Waals surface area (Å²) in [6, 6.07) is 8.51. The number of nitrogens with zero attached hydrogens (tertiary/aromatic N) is 3. The number of hydrogen-bond donors (Lipinski definition) is 1. The van der Waals surface area contributed by atoms with Crippen LogP contribution in [0.4, 0.5) is 11.5 Å². The predicted octanol–water partition coefficient (Wildman–Crippen LogP) is 4.40. The second-order valence-electron chi connectivity index (χ2n) is 6.03. The van der Waals surface area contributed by atoms with Crippen LogP contribution < -0.4 is 5.32 Å². The van der Waals surface area contributed by atoms with Gasteiger partial charge in [-0.25, -0.2) is 0 Å². The molecule has 1 aliphatic heterocycles. The first-order chi connectivity index (χ1) is 11.5. The van der Waals surface area contributed by atoms with Gasteiger partial charge >= 0.3 is 0 Å². The summed E-state index contributed by atoms with van der Waals surface area (Å²) in [4.78, 5) is 14.3. The van der Waals surface area contributed by atoms with E-state index in [-0.39, 0.29) is 5.91 Å². The number of carbonyl (C=O) groups is 1. The van der Waals surface area contributed by atoms with Gasteiger partial charge in [0.15, 0.2) is 11.5 Å². The molecule has 2 aromatic rings. The van der Waals surface area contributed by atoms with E-state index in [1.807, 2.05) is 4.90 Å². The molecule has 3 rings (SSSR count). The molecule has 0 atom stereocenters. The number of rotatable bonds is 3. The first-order valence-corrected chi connectivity index (χ1v) is 8.63. The number of nitrogens with one attached hydrogen (secondary N) is 1. The summed E-state index contributed by atoms with van der Waals surface area (Å²) in [6.45, 7) is 3.77. The zero-order chi connectivity index (χ0) is 17.1. The van der Waals surface area contributed by atoms with Crippen LogP contribution in [-0.4, -0.2) is 34.1 Å². The second kappa shape index (κ2) is 7.36. The molecule has 1 aliphatic rings. The zero-order valence-electron chi connectivity index (χ0n) is 13.3. The highest BCUT2D eigenvalue weighted by atomic mass is 35.5. The number of hydrogen-bond acceptors (Lipinski definition) is 4. The highest BCUT2D eigenvalue weighted by Gasteiger charge is 2.22. The molecule has 24 heavy (non-hydrogen) atoms. The van der Waals surface area contributed by atoms with Gasteiger partial charge in [0, 0.05) is 18.1 Å². The molecule has 126 valence electrons. The number of anilines is 2. The van der Waals surface area contributed by atoms with Gasteiger partial charge in [-0.05, 0) is 49.1 Å². The van der Waals surface area contributed by atoms with E-state index in [9.17, 15) is 4.79 Å². The van der Waals surface area contributed by atoms with Crippen molar-refractivity contribution in [3.8, 4) is 0 Å². The number of likely N-dealkylation sites (tertiary alicyclic amines) is 1. The molecule has 1 amide bonds. The van der Waals surface area contributed by atoms with Gasteiger partial charge in [0.25, 0.3) is 5.91 Å². The molecule has 7 heteroatoms. The Bertz CT molecular complexity index is 728. The average molecular weight is 365 g/mol. The molecular formula is C17H18Cl2N4O. The monoisotopic (exact) mass is 364 g/mol. The number of halogens is 2. The molecule has 1 fully saturated rings. The summed E-state index contributed by atoms with van der Waals surface area (Å²) in [5.74, 6) is 1.11. The Morgan fingerprint density at radius 1 is 1.17 bits per heavy atom. The smallest absolute Gasteiger partial charge is 0.274 e. The molecule has 0 spiro atoms. The van der Waals surface area contributed by atoms with Crippen LogP contribution in [0.25, 0.3) is 0 Å². The Morgan fingerprint density at radius 3 is 2.58 bits per heavy atom. The zero-order valence-corrected chi connectivity index (χ0v) is 14.8. The highest BCUT2D eigenvalue weighted by Crippen LogP contribution is 2.27. The van der Waals surface area contributed by atoms with E-state index in [1.165, 1.54) is 0 Å². The van der Waals surface area contributed by atoms with Gasteiger partial charge < -0.3 is 10.2 Å². The maximum absolute atomic E-state index is 12.4.